The van der Waals surface area contributed by atoms with Gasteiger partial charge < -0.3 is 0 Å². The molecule has 0 amide bonds. The Morgan fingerprint density at radius 3 is 1.50 bits per heavy atom. The summed E-state index contributed by atoms with van der Waals surface area (Å²) in [6, 6.07) is 8.44. The zero-order chi connectivity index (χ0) is 13.6. The molecule has 0 saturated heterocycles. The Balaban J connectivity index is 1.75. The maximum absolute atomic E-state index is 4.82. The van der Waals surface area contributed by atoms with E-state index in [4.69, 9.17) is 9.98 Å². The SMILES string of the molecule is c1cc(N=C2CCCCC2)cc(N=C2CCCCC2)c1. The van der Waals surface area contributed by atoms with Crippen molar-refractivity contribution in [3.63, 3.8) is 0 Å². The fraction of sp³-hybridized carbons (Fsp3) is 0.556. The summed E-state index contributed by atoms with van der Waals surface area (Å²) >= 11 is 0. The van der Waals surface area contributed by atoms with Gasteiger partial charge in [-0.05, 0) is 69.6 Å². The third-order valence-corrected chi connectivity index (χ3v) is 4.27. The third-order valence-electron chi connectivity index (χ3n) is 4.27. The summed E-state index contributed by atoms with van der Waals surface area (Å²) in [6.07, 6.45) is 12.7. The average Bonchev–Trinajstić information content (AvgIpc) is 2.50. The average molecular weight is 268 g/mol. The first-order chi connectivity index (χ1) is 9.90. The van der Waals surface area contributed by atoms with E-state index in [0.29, 0.717) is 0 Å². The highest BCUT2D eigenvalue weighted by Crippen LogP contribution is 2.25. The molecule has 2 nitrogen and oxygen atoms in total. The summed E-state index contributed by atoms with van der Waals surface area (Å²) in [4.78, 5) is 9.64. The van der Waals surface area contributed by atoms with Gasteiger partial charge in [-0.15, -0.1) is 0 Å². The van der Waals surface area contributed by atoms with Crippen LogP contribution in [0.3, 0.4) is 0 Å². The topological polar surface area (TPSA) is 24.7 Å². The second-order valence-corrected chi connectivity index (χ2v) is 6.00. The quantitative estimate of drug-likeness (QED) is 0.651. The molecule has 0 bridgehead atoms. The van der Waals surface area contributed by atoms with Crippen LogP contribution in [-0.2, 0) is 0 Å². The molecule has 0 aliphatic heterocycles. The van der Waals surface area contributed by atoms with Crippen molar-refractivity contribution >= 4 is 22.8 Å². The van der Waals surface area contributed by atoms with Crippen LogP contribution in [-0.4, -0.2) is 11.4 Å². The lowest BCUT2D eigenvalue weighted by Crippen LogP contribution is -2.04. The fourth-order valence-electron chi connectivity index (χ4n) is 3.14. The van der Waals surface area contributed by atoms with Gasteiger partial charge in [0.15, 0.2) is 0 Å². The molecule has 2 saturated carbocycles. The van der Waals surface area contributed by atoms with Crippen LogP contribution < -0.4 is 0 Å². The summed E-state index contributed by atoms with van der Waals surface area (Å²) < 4.78 is 0. The maximum Gasteiger partial charge on any atom is 0.0650 e. The fourth-order valence-corrected chi connectivity index (χ4v) is 3.14. The van der Waals surface area contributed by atoms with Crippen LogP contribution >= 0.6 is 0 Å². The standard InChI is InChI=1S/C18H24N2/c1-3-8-15(9-4-1)19-17-12-7-13-18(14-17)20-16-10-5-2-6-11-16/h7,12-14H,1-6,8-11H2. The Morgan fingerprint density at radius 2 is 1.05 bits per heavy atom. The highest BCUT2D eigenvalue weighted by molar-refractivity contribution is 5.89. The van der Waals surface area contributed by atoms with Gasteiger partial charge >= 0.3 is 0 Å². The van der Waals surface area contributed by atoms with Crippen LogP contribution in [0.1, 0.15) is 64.2 Å². The van der Waals surface area contributed by atoms with Gasteiger partial charge in [0.1, 0.15) is 0 Å². The normalized spacial score (nSPS) is 19.8. The summed E-state index contributed by atoms with van der Waals surface area (Å²) in [6.45, 7) is 0. The summed E-state index contributed by atoms with van der Waals surface area (Å²) in [5.74, 6) is 0. The van der Waals surface area contributed by atoms with Crippen LogP contribution in [0, 0.1) is 0 Å². The lowest BCUT2D eigenvalue weighted by molar-refractivity contribution is 0.666. The van der Waals surface area contributed by atoms with Gasteiger partial charge in [0.25, 0.3) is 0 Å². The zero-order valence-corrected chi connectivity index (χ0v) is 12.3. The minimum atomic E-state index is 1.08. The van der Waals surface area contributed by atoms with E-state index in [0.717, 1.165) is 11.4 Å². The number of aliphatic imine (C=N–C) groups is 2. The van der Waals surface area contributed by atoms with Crippen molar-refractivity contribution in [1.29, 1.82) is 0 Å². The van der Waals surface area contributed by atoms with E-state index in [2.05, 4.69) is 24.3 Å². The van der Waals surface area contributed by atoms with Crippen LogP contribution in [0.15, 0.2) is 34.3 Å². The van der Waals surface area contributed by atoms with Crippen LogP contribution in [0.5, 0.6) is 0 Å². The van der Waals surface area contributed by atoms with Gasteiger partial charge in [-0.2, -0.15) is 0 Å². The number of nitrogens with zero attached hydrogens (tertiary/aromatic N) is 2. The number of hydrogen-bond donors (Lipinski definition) is 0. The Morgan fingerprint density at radius 1 is 0.600 bits per heavy atom. The third kappa shape index (κ3) is 3.78. The van der Waals surface area contributed by atoms with Crippen molar-refractivity contribution < 1.29 is 0 Å². The first-order valence-corrected chi connectivity index (χ1v) is 8.13. The Labute approximate surface area is 122 Å². The second kappa shape index (κ2) is 6.83. The van der Waals surface area contributed by atoms with Gasteiger partial charge in [-0.3, -0.25) is 9.98 Å². The number of rotatable bonds is 2. The molecule has 0 atom stereocenters. The van der Waals surface area contributed by atoms with Gasteiger partial charge in [0.2, 0.25) is 0 Å². The summed E-state index contributed by atoms with van der Waals surface area (Å²) in [5, 5.41) is 0. The van der Waals surface area contributed by atoms with Gasteiger partial charge in [0, 0.05) is 11.4 Å². The van der Waals surface area contributed by atoms with E-state index in [9.17, 15) is 0 Å². The Bertz CT molecular complexity index is 455. The van der Waals surface area contributed by atoms with Crippen LogP contribution in [0.25, 0.3) is 0 Å². The minimum absolute atomic E-state index is 1.08. The van der Waals surface area contributed by atoms with Crippen molar-refractivity contribution in [3.8, 4) is 0 Å². The molecule has 106 valence electrons. The van der Waals surface area contributed by atoms with E-state index in [-0.39, 0.29) is 0 Å². The predicted molar refractivity (Wildman–Crippen MR) is 86.8 cm³/mol. The van der Waals surface area contributed by atoms with Gasteiger partial charge in [-0.25, -0.2) is 0 Å². The van der Waals surface area contributed by atoms with Crippen LogP contribution in [0.2, 0.25) is 0 Å². The molecule has 2 fully saturated rings. The Kier molecular flexibility index (Phi) is 4.62. The minimum Gasteiger partial charge on any atom is -0.258 e. The first-order valence-electron chi connectivity index (χ1n) is 8.13. The van der Waals surface area contributed by atoms with Crippen molar-refractivity contribution in [2.24, 2.45) is 9.98 Å². The highest BCUT2D eigenvalue weighted by atomic mass is 14.8. The van der Waals surface area contributed by atoms with Crippen molar-refractivity contribution in [3.05, 3.63) is 24.3 Å². The summed E-state index contributed by atoms with van der Waals surface area (Å²) in [5.41, 5.74) is 4.91. The zero-order valence-electron chi connectivity index (χ0n) is 12.3. The predicted octanol–water partition coefficient (Wildman–Crippen LogP) is 5.76. The Hall–Kier alpha value is -1.44. The van der Waals surface area contributed by atoms with Crippen molar-refractivity contribution in [2.45, 2.75) is 64.2 Å². The first kappa shape index (κ1) is 13.5. The van der Waals surface area contributed by atoms with Crippen LogP contribution in [0.4, 0.5) is 11.4 Å². The highest BCUT2D eigenvalue weighted by Gasteiger charge is 2.08. The van der Waals surface area contributed by atoms with E-state index < -0.39 is 0 Å². The molecule has 2 aliphatic rings. The molecule has 1 aromatic rings. The molecule has 20 heavy (non-hydrogen) atoms. The van der Waals surface area contributed by atoms with Gasteiger partial charge in [0.05, 0.1) is 11.4 Å². The number of hydrogen-bond acceptors (Lipinski definition) is 2. The number of benzene rings is 1. The van der Waals surface area contributed by atoms with E-state index in [1.807, 2.05) is 0 Å². The molecule has 2 aliphatic carbocycles. The smallest absolute Gasteiger partial charge is 0.0650 e. The van der Waals surface area contributed by atoms with E-state index in [1.54, 1.807) is 0 Å². The molecule has 0 spiro atoms. The van der Waals surface area contributed by atoms with Crippen molar-refractivity contribution in [2.75, 3.05) is 0 Å². The van der Waals surface area contributed by atoms with E-state index in [1.165, 1.54) is 75.6 Å². The second-order valence-electron chi connectivity index (χ2n) is 6.00. The molecule has 0 aromatic heterocycles. The van der Waals surface area contributed by atoms with Crippen molar-refractivity contribution in [1.82, 2.24) is 0 Å². The van der Waals surface area contributed by atoms with E-state index >= 15 is 0 Å². The largest absolute Gasteiger partial charge is 0.258 e. The molecule has 0 radical (unpaired) electrons. The molecule has 0 unspecified atom stereocenters. The molecule has 1 aromatic carbocycles. The molecule has 2 heteroatoms. The molecule has 0 N–H and O–H groups in total. The molecular weight excluding hydrogens is 244 g/mol. The molecule has 0 heterocycles. The molecular formula is C18H24N2. The summed E-state index contributed by atoms with van der Waals surface area (Å²) in [7, 11) is 0. The van der Waals surface area contributed by atoms with Gasteiger partial charge in [-0.1, -0.05) is 18.9 Å². The lowest BCUT2D eigenvalue weighted by Gasteiger charge is -2.13. The lowest BCUT2D eigenvalue weighted by atomic mass is 9.98. The monoisotopic (exact) mass is 268 g/mol. The molecule has 3 rings (SSSR count). The maximum atomic E-state index is 4.82.